The molecule has 2 aromatic carbocycles. The number of benzene rings is 2. The van der Waals surface area contributed by atoms with Crippen molar-refractivity contribution in [2.24, 2.45) is 0 Å². The van der Waals surface area contributed by atoms with Crippen molar-refractivity contribution in [3.05, 3.63) is 88.4 Å². The summed E-state index contributed by atoms with van der Waals surface area (Å²) in [5.74, 6) is -1.27. The van der Waals surface area contributed by atoms with Crippen LogP contribution in [-0.2, 0) is 4.74 Å². The van der Waals surface area contributed by atoms with Crippen LogP contribution >= 0.6 is 0 Å². The lowest BCUT2D eigenvalue weighted by atomic mass is 10.2. The largest absolute Gasteiger partial charge is 0.462 e. The van der Waals surface area contributed by atoms with E-state index in [4.69, 9.17) is 9.15 Å². The Labute approximate surface area is 170 Å². The second-order valence-electron chi connectivity index (χ2n) is 6.31. The third-order valence-corrected chi connectivity index (χ3v) is 4.38. The van der Waals surface area contributed by atoms with E-state index in [1.54, 1.807) is 55.5 Å². The summed E-state index contributed by atoms with van der Waals surface area (Å²) in [7, 11) is 0. The predicted octanol–water partition coefficient (Wildman–Crippen LogP) is 3.41. The number of hydrogen-bond donors (Lipinski definition) is 1. The van der Waals surface area contributed by atoms with Crippen LogP contribution in [0.2, 0.25) is 0 Å². The molecule has 4 aromatic rings. The summed E-state index contributed by atoms with van der Waals surface area (Å²) in [4.78, 5) is 37.6. The first-order valence-corrected chi connectivity index (χ1v) is 9.23. The second-order valence-corrected chi connectivity index (χ2v) is 6.31. The van der Waals surface area contributed by atoms with Gasteiger partial charge in [0.2, 0.25) is 0 Å². The van der Waals surface area contributed by atoms with Crippen LogP contribution in [0.15, 0.2) is 76.1 Å². The van der Waals surface area contributed by atoms with Crippen LogP contribution in [-0.4, -0.2) is 28.3 Å². The van der Waals surface area contributed by atoms with E-state index in [2.05, 4.69) is 10.4 Å². The summed E-state index contributed by atoms with van der Waals surface area (Å²) in [5, 5.41) is 7.43. The van der Waals surface area contributed by atoms with Crippen LogP contribution < -0.4 is 10.9 Å². The topological polar surface area (TPSA) is 103 Å². The van der Waals surface area contributed by atoms with Crippen molar-refractivity contribution in [2.75, 3.05) is 11.9 Å². The maximum absolute atomic E-state index is 12.9. The van der Waals surface area contributed by atoms with Gasteiger partial charge in [-0.25, -0.2) is 14.3 Å². The molecule has 2 aromatic heterocycles. The zero-order chi connectivity index (χ0) is 21.1. The highest BCUT2D eigenvalue weighted by Gasteiger charge is 2.23. The first-order chi connectivity index (χ1) is 14.6. The molecule has 0 fully saturated rings. The highest BCUT2D eigenvalue weighted by Crippen LogP contribution is 2.22. The summed E-state index contributed by atoms with van der Waals surface area (Å²) in [6, 6.07) is 17.3. The molecule has 2 heterocycles. The summed E-state index contributed by atoms with van der Waals surface area (Å²) in [5.41, 5.74) is 0.0905. The van der Waals surface area contributed by atoms with Gasteiger partial charge in [0, 0.05) is 5.39 Å². The molecule has 0 unspecified atom stereocenters. The minimum atomic E-state index is -0.783. The standard InChI is InChI=1S/C22H17N3O5/c1-2-29-21(27)17-13-23-25(15-9-4-3-5-10-15)19(17)24-20(26)16-12-14-8-6-7-11-18(14)30-22(16)28/h3-13H,2H2,1H3,(H,24,26). The lowest BCUT2D eigenvalue weighted by Gasteiger charge is -2.11. The molecule has 0 radical (unpaired) electrons. The maximum atomic E-state index is 12.9. The van der Waals surface area contributed by atoms with Gasteiger partial charge in [-0.05, 0) is 31.2 Å². The van der Waals surface area contributed by atoms with Gasteiger partial charge in [-0.15, -0.1) is 0 Å². The van der Waals surface area contributed by atoms with E-state index < -0.39 is 17.5 Å². The van der Waals surface area contributed by atoms with Crippen LogP contribution in [0, 0.1) is 0 Å². The quantitative estimate of drug-likeness (QED) is 0.405. The Morgan fingerprint density at radius 1 is 1.07 bits per heavy atom. The lowest BCUT2D eigenvalue weighted by molar-refractivity contribution is 0.0527. The summed E-state index contributed by atoms with van der Waals surface area (Å²) < 4.78 is 11.7. The molecule has 8 heteroatoms. The van der Waals surface area contributed by atoms with E-state index in [-0.39, 0.29) is 23.6 Å². The van der Waals surface area contributed by atoms with Crippen molar-refractivity contribution in [2.45, 2.75) is 6.92 Å². The second kappa shape index (κ2) is 8.04. The van der Waals surface area contributed by atoms with Gasteiger partial charge in [-0.2, -0.15) is 5.10 Å². The van der Waals surface area contributed by atoms with Gasteiger partial charge in [-0.1, -0.05) is 36.4 Å². The number of carbonyl (C=O) groups excluding carboxylic acids is 2. The van der Waals surface area contributed by atoms with Crippen molar-refractivity contribution in [3.63, 3.8) is 0 Å². The number of esters is 1. The van der Waals surface area contributed by atoms with E-state index in [1.165, 1.54) is 16.9 Å². The summed E-state index contributed by atoms with van der Waals surface area (Å²) >= 11 is 0. The lowest BCUT2D eigenvalue weighted by Crippen LogP contribution is -2.23. The molecule has 1 amide bonds. The van der Waals surface area contributed by atoms with Crippen molar-refractivity contribution in [1.82, 2.24) is 9.78 Å². The smallest absolute Gasteiger partial charge is 0.349 e. The van der Waals surface area contributed by atoms with Crippen molar-refractivity contribution < 1.29 is 18.7 Å². The van der Waals surface area contributed by atoms with Gasteiger partial charge in [0.05, 0.1) is 18.5 Å². The third kappa shape index (κ3) is 3.58. The molecule has 1 N–H and O–H groups in total. The minimum absolute atomic E-state index is 0.0687. The number of para-hydroxylation sites is 2. The molecule has 0 aliphatic rings. The minimum Gasteiger partial charge on any atom is -0.462 e. The summed E-state index contributed by atoms with van der Waals surface area (Å²) in [6.07, 6.45) is 1.31. The fraction of sp³-hybridized carbons (Fsp3) is 0.0909. The zero-order valence-electron chi connectivity index (χ0n) is 16.0. The Bertz CT molecular complexity index is 1290. The number of ether oxygens (including phenoxy) is 1. The van der Waals surface area contributed by atoms with Crippen LogP contribution in [0.3, 0.4) is 0 Å². The first kappa shape index (κ1) is 19.1. The number of anilines is 1. The molecule has 0 bridgehead atoms. The molecule has 0 saturated carbocycles. The fourth-order valence-corrected chi connectivity index (χ4v) is 2.99. The highest BCUT2D eigenvalue weighted by atomic mass is 16.5. The van der Waals surface area contributed by atoms with Crippen LogP contribution in [0.1, 0.15) is 27.6 Å². The number of aromatic nitrogens is 2. The van der Waals surface area contributed by atoms with Crippen molar-refractivity contribution in [3.8, 4) is 5.69 Å². The van der Waals surface area contributed by atoms with E-state index in [0.717, 1.165) is 0 Å². The molecule has 150 valence electrons. The van der Waals surface area contributed by atoms with E-state index in [1.807, 2.05) is 6.07 Å². The van der Waals surface area contributed by atoms with Crippen molar-refractivity contribution in [1.29, 1.82) is 0 Å². The Balaban J connectivity index is 1.77. The van der Waals surface area contributed by atoms with Crippen LogP contribution in [0.4, 0.5) is 5.82 Å². The van der Waals surface area contributed by atoms with E-state index >= 15 is 0 Å². The van der Waals surface area contributed by atoms with Gasteiger partial charge in [0.15, 0.2) is 5.82 Å². The molecular formula is C22H17N3O5. The monoisotopic (exact) mass is 403 g/mol. The number of rotatable bonds is 5. The van der Waals surface area contributed by atoms with Crippen LogP contribution in [0.5, 0.6) is 0 Å². The molecule has 8 nitrogen and oxygen atoms in total. The number of nitrogens with one attached hydrogen (secondary N) is 1. The van der Waals surface area contributed by atoms with Gasteiger partial charge < -0.3 is 14.5 Å². The third-order valence-electron chi connectivity index (χ3n) is 4.38. The van der Waals surface area contributed by atoms with Gasteiger partial charge in [0.1, 0.15) is 16.7 Å². The average Bonchev–Trinajstić information content (AvgIpc) is 3.17. The Morgan fingerprint density at radius 2 is 1.80 bits per heavy atom. The van der Waals surface area contributed by atoms with E-state index in [9.17, 15) is 14.4 Å². The van der Waals surface area contributed by atoms with Crippen molar-refractivity contribution >= 4 is 28.7 Å². The first-order valence-electron chi connectivity index (χ1n) is 9.23. The number of hydrogen-bond acceptors (Lipinski definition) is 6. The average molecular weight is 403 g/mol. The fourth-order valence-electron chi connectivity index (χ4n) is 2.99. The molecule has 0 saturated heterocycles. The Morgan fingerprint density at radius 3 is 2.57 bits per heavy atom. The van der Waals surface area contributed by atoms with Gasteiger partial charge >= 0.3 is 11.6 Å². The molecule has 0 atom stereocenters. The molecule has 0 aliphatic heterocycles. The predicted molar refractivity (Wildman–Crippen MR) is 110 cm³/mol. The maximum Gasteiger partial charge on any atom is 0.349 e. The normalized spacial score (nSPS) is 10.7. The van der Waals surface area contributed by atoms with Crippen LogP contribution in [0.25, 0.3) is 16.7 Å². The number of fused-ring (bicyclic) bond motifs is 1. The Kier molecular flexibility index (Phi) is 5.13. The van der Waals surface area contributed by atoms with E-state index in [0.29, 0.717) is 16.7 Å². The zero-order valence-corrected chi connectivity index (χ0v) is 16.0. The highest BCUT2D eigenvalue weighted by molar-refractivity contribution is 6.08. The number of amides is 1. The van der Waals surface area contributed by atoms with Gasteiger partial charge in [-0.3, -0.25) is 4.79 Å². The molecule has 0 spiro atoms. The van der Waals surface area contributed by atoms with Gasteiger partial charge in [0.25, 0.3) is 5.91 Å². The molecular weight excluding hydrogens is 386 g/mol. The number of carbonyl (C=O) groups is 2. The molecule has 0 aliphatic carbocycles. The SMILES string of the molecule is CCOC(=O)c1cnn(-c2ccccc2)c1NC(=O)c1cc2ccccc2oc1=O. The molecule has 30 heavy (non-hydrogen) atoms. The summed E-state index contributed by atoms with van der Waals surface area (Å²) in [6.45, 7) is 1.84. The number of nitrogens with zero attached hydrogens (tertiary/aromatic N) is 2. The molecule has 4 rings (SSSR count). The Hall–Kier alpha value is -4.20.